The molecule has 0 amide bonds. The molecule has 0 aliphatic heterocycles. The molecule has 0 fully saturated rings. The molecule has 5 heteroatoms. The van der Waals surface area contributed by atoms with Crippen molar-refractivity contribution in [3.8, 4) is 5.75 Å². The average molecular weight is 297 g/mol. The first kappa shape index (κ1) is 13.3. The summed E-state index contributed by atoms with van der Waals surface area (Å²) in [6.45, 7) is 0. The van der Waals surface area contributed by atoms with Crippen LogP contribution in [-0.4, -0.2) is 21.2 Å². The van der Waals surface area contributed by atoms with E-state index in [1.165, 1.54) is 6.07 Å². The topological polar surface area (TPSA) is 70.4 Å². The Hall–Kier alpha value is -2.66. The molecule has 3 rings (SSSR count). The van der Waals surface area contributed by atoms with Gasteiger partial charge in [0, 0.05) is 5.39 Å². The zero-order valence-corrected chi connectivity index (χ0v) is 11.7. The van der Waals surface area contributed by atoms with E-state index in [4.69, 9.17) is 5.11 Å². The largest absolute Gasteiger partial charge is 0.505 e. The van der Waals surface area contributed by atoms with E-state index in [2.05, 4.69) is 4.98 Å². The first-order valence-corrected chi connectivity index (χ1v) is 7.16. The number of thiophene rings is 1. The van der Waals surface area contributed by atoms with Crippen LogP contribution in [0, 0.1) is 0 Å². The number of hydrogen-bond acceptors (Lipinski definition) is 4. The fraction of sp³-hybridized carbons (Fsp3) is 0. The Bertz CT molecular complexity index is 838. The smallest absolute Gasteiger partial charge is 0.339 e. The van der Waals surface area contributed by atoms with Crippen molar-refractivity contribution in [3.05, 3.63) is 57.9 Å². The number of pyridine rings is 1. The van der Waals surface area contributed by atoms with Crippen molar-refractivity contribution in [2.45, 2.75) is 0 Å². The van der Waals surface area contributed by atoms with Crippen LogP contribution in [0.15, 0.2) is 41.1 Å². The van der Waals surface area contributed by atoms with E-state index in [-0.39, 0.29) is 11.3 Å². The number of benzene rings is 1. The van der Waals surface area contributed by atoms with Gasteiger partial charge in [0.25, 0.3) is 0 Å². The molecular formula is C16H11NO3S. The highest BCUT2D eigenvalue weighted by atomic mass is 32.1. The van der Waals surface area contributed by atoms with E-state index in [1.54, 1.807) is 23.5 Å². The number of rotatable bonds is 3. The SMILES string of the molecule is O=C(O)c1ccc2ccc(/C=C/c3ccsc3)nc2c1O. The fourth-order valence-electron chi connectivity index (χ4n) is 2.01. The summed E-state index contributed by atoms with van der Waals surface area (Å²) in [5, 5.41) is 23.7. The van der Waals surface area contributed by atoms with Crippen LogP contribution in [0.2, 0.25) is 0 Å². The third-order valence-corrected chi connectivity index (χ3v) is 3.78. The number of aromatic nitrogens is 1. The molecule has 3 aromatic rings. The Balaban J connectivity index is 2.06. The van der Waals surface area contributed by atoms with Gasteiger partial charge in [-0.05, 0) is 40.6 Å². The molecule has 0 saturated heterocycles. The molecule has 0 bridgehead atoms. The van der Waals surface area contributed by atoms with E-state index in [0.717, 1.165) is 5.56 Å². The normalized spacial score (nSPS) is 11.2. The molecule has 0 radical (unpaired) electrons. The molecule has 4 nitrogen and oxygen atoms in total. The van der Waals surface area contributed by atoms with Gasteiger partial charge in [-0.15, -0.1) is 0 Å². The monoisotopic (exact) mass is 297 g/mol. The quantitative estimate of drug-likeness (QED) is 0.770. The minimum atomic E-state index is -1.17. The van der Waals surface area contributed by atoms with Crippen molar-refractivity contribution in [1.29, 1.82) is 0 Å². The average Bonchev–Trinajstić information content (AvgIpc) is 2.98. The van der Waals surface area contributed by atoms with Crippen molar-refractivity contribution < 1.29 is 15.0 Å². The molecule has 104 valence electrons. The van der Waals surface area contributed by atoms with Crippen LogP contribution in [-0.2, 0) is 0 Å². The zero-order valence-electron chi connectivity index (χ0n) is 10.9. The van der Waals surface area contributed by atoms with Gasteiger partial charge in [0.2, 0.25) is 0 Å². The number of aromatic hydroxyl groups is 1. The molecule has 21 heavy (non-hydrogen) atoms. The predicted molar refractivity (Wildman–Crippen MR) is 83.6 cm³/mol. The Morgan fingerprint density at radius 2 is 1.95 bits per heavy atom. The lowest BCUT2D eigenvalue weighted by atomic mass is 10.1. The Morgan fingerprint density at radius 1 is 1.14 bits per heavy atom. The molecule has 2 heterocycles. The lowest BCUT2D eigenvalue weighted by molar-refractivity contribution is 0.0694. The van der Waals surface area contributed by atoms with Crippen molar-refractivity contribution in [2.75, 3.05) is 0 Å². The number of nitrogens with zero attached hydrogens (tertiary/aromatic N) is 1. The van der Waals surface area contributed by atoms with Gasteiger partial charge >= 0.3 is 5.97 Å². The van der Waals surface area contributed by atoms with Gasteiger partial charge in [0.05, 0.1) is 5.69 Å². The molecule has 0 aliphatic rings. The minimum Gasteiger partial charge on any atom is -0.505 e. The number of aromatic carboxylic acids is 1. The van der Waals surface area contributed by atoms with Gasteiger partial charge in [-0.25, -0.2) is 9.78 Å². The molecular weight excluding hydrogens is 286 g/mol. The first-order valence-electron chi connectivity index (χ1n) is 6.21. The summed E-state index contributed by atoms with van der Waals surface area (Å²) in [4.78, 5) is 15.4. The van der Waals surface area contributed by atoms with Gasteiger partial charge in [-0.1, -0.05) is 18.2 Å². The Morgan fingerprint density at radius 3 is 2.67 bits per heavy atom. The highest BCUT2D eigenvalue weighted by molar-refractivity contribution is 7.08. The maximum atomic E-state index is 11.0. The third kappa shape index (κ3) is 2.64. The molecule has 2 N–H and O–H groups in total. The predicted octanol–water partition coefficient (Wildman–Crippen LogP) is 3.87. The summed E-state index contributed by atoms with van der Waals surface area (Å²) in [6.07, 6.45) is 3.75. The fourth-order valence-corrected chi connectivity index (χ4v) is 2.63. The number of fused-ring (bicyclic) bond motifs is 1. The van der Waals surface area contributed by atoms with Gasteiger partial charge in [0.1, 0.15) is 11.1 Å². The maximum absolute atomic E-state index is 11.0. The van der Waals surface area contributed by atoms with E-state index < -0.39 is 5.97 Å². The summed E-state index contributed by atoms with van der Waals surface area (Å²) < 4.78 is 0. The molecule has 0 saturated carbocycles. The number of carboxylic acid groups (broad SMARTS) is 1. The minimum absolute atomic E-state index is 0.144. The summed E-state index contributed by atoms with van der Waals surface area (Å²) in [6, 6.07) is 8.63. The van der Waals surface area contributed by atoms with E-state index in [0.29, 0.717) is 16.6 Å². The van der Waals surface area contributed by atoms with Crippen molar-refractivity contribution in [1.82, 2.24) is 4.98 Å². The van der Waals surface area contributed by atoms with Gasteiger partial charge in [-0.2, -0.15) is 11.3 Å². The second-order valence-electron chi connectivity index (χ2n) is 4.46. The van der Waals surface area contributed by atoms with Crippen LogP contribution in [0.1, 0.15) is 21.6 Å². The zero-order chi connectivity index (χ0) is 14.8. The highest BCUT2D eigenvalue weighted by Crippen LogP contribution is 2.27. The summed E-state index contributed by atoms with van der Waals surface area (Å²) in [7, 11) is 0. The van der Waals surface area contributed by atoms with E-state index in [9.17, 15) is 9.90 Å². The molecule has 0 aliphatic carbocycles. The molecule has 0 spiro atoms. The van der Waals surface area contributed by atoms with Crippen LogP contribution < -0.4 is 0 Å². The lowest BCUT2D eigenvalue weighted by Crippen LogP contribution is -1.97. The van der Waals surface area contributed by atoms with Crippen LogP contribution in [0.25, 0.3) is 23.1 Å². The molecule has 0 atom stereocenters. The number of phenols is 1. The Kier molecular flexibility index (Phi) is 3.41. The summed E-state index contributed by atoms with van der Waals surface area (Å²) in [5.74, 6) is -1.47. The van der Waals surface area contributed by atoms with Crippen LogP contribution in [0.5, 0.6) is 5.75 Å². The van der Waals surface area contributed by atoms with Crippen molar-refractivity contribution in [2.24, 2.45) is 0 Å². The van der Waals surface area contributed by atoms with Gasteiger partial charge < -0.3 is 10.2 Å². The van der Waals surface area contributed by atoms with E-state index >= 15 is 0 Å². The standard InChI is InChI=1S/C16H11NO3S/c18-15-13(16(19)20)6-3-11-2-5-12(17-14(11)15)4-1-10-7-8-21-9-10/h1-9,18H,(H,19,20)/b4-1+. The van der Waals surface area contributed by atoms with Gasteiger partial charge in [0.15, 0.2) is 5.75 Å². The van der Waals surface area contributed by atoms with Crippen LogP contribution >= 0.6 is 11.3 Å². The highest BCUT2D eigenvalue weighted by Gasteiger charge is 2.13. The maximum Gasteiger partial charge on any atom is 0.339 e. The lowest BCUT2D eigenvalue weighted by Gasteiger charge is -2.04. The summed E-state index contributed by atoms with van der Waals surface area (Å²) >= 11 is 1.61. The van der Waals surface area contributed by atoms with Crippen LogP contribution in [0.4, 0.5) is 0 Å². The molecule has 0 unspecified atom stereocenters. The van der Waals surface area contributed by atoms with Crippen molar-refractivity contribution >= 4 is 40.4 Å². The van der Waals surface area contributed by atoms with Gasteiger partial charge in [-0.3, -0.25) is 0 Å². The summed E-state index contributed by atoms with van der Waals surface area (Å²) in [5.41, 5.74) is 1.88. The molecule has 1 aromatic carbocycles. The number of carbonyl (C=O) groups is 1. The number of carboxylic acids is 1. The Labute approximate surface area is 124 Å². The first-order chi connectivity index (χ1) is 10.1. The molecule has 2 aromatic heterocycles. The third-order valence-electron chi connectivity index (χ3n) is 3.08. The van der Waals surface area contributed by atoms with E-state index in [1.807, 2.05) is 35.0 Å². The van der Waals surface area contributed by atoms with Crippen LogP contribution in [0.3, 0.4) is 0 Å². The second kappa shape index (κ2) is 5.38. The van der Waals surface area contributed by atoms with Crippen molar-refractivity contribution in [3.63, 3.8) is 0 Å². The second-order valence-corrected chi connectivity index (χ2v) is 5.24. The number of hydrogen-bond donors (Lipinski definition) is 2.